The largest absolute Gasteiger partial charge is 0.487 e. The molecule has 2 heterocycles. The van der Waals surface area contributed by atoms with E-state index in [0.717, 1.165) is 47.2 Å². The number of hydrogen-bond acceptors (Lipinski definition) is 3. The Hall–Kier alpha value is -3.02. The number of fused-ring (bicyclic) bond motifs is 2. The molecule has 2 N–H and O–H groups in total. The smallest absolute Gasteiger partial charge is 0.319 e. The maximum absolute atomic E-state index is 12.7. The van der Waals surface area contributed by atoms with E-state index in [9.17, 15) is 4.79 Å². The molecule has 0 bridgehead atoms. The van der Waals surface area contributed by atoms with Crippen LogP contribution in [0.3, 0.4) is 0 Å². The fraction of sp³-hybridized carbons (Fsp3) is 0.333. The lowest BCUT2D eigenvalue weighted by molar-refractivity contribution is -0.0354. The highest BCUT2D eigenvalue weighted by molar-refractivity contribution is 5.92. The molecule has 1 unspecified atom stereocenters. The predicted molar refractivity (Wildman–Crippen MR) is 104 cm³/mol. The fourth-order valence-corrected chi connectivity index (χ4v) is 4.19. The number of carbonyl (C=O) groups is 1. The van der Waals surface area contributed by atoms with Gasteiger partial charge in [0.1, 0.15) is 11.4 Å². The Morgan fingerprint density at radius 3 is 2.93 bits per heavy atom. The minimum Gasteiger partial charge on any atom is -0.487 e. The number of amides is 2. The van der Waals surface area contributed by atoms with Crippen molar-refractivity contribution in [2.75, 3.05) is 5.32 Å². The van der Waals surface area contributed by atoms with Gasteiger partial charge >= 0.3 is 6.03 Å². The van der Waals surface area contributed by atoms with Crippen LogP contribution in [0, 0.1) is 0 Å². The minimum atomic E-state index is -0.200. The highest BCUT2D eigenvalue weighted by atomic mass is 16.5. The van der Waals surface area contributed by atoms with Crippen LogP contribution < -0.4 is 15.4 Å². The van der Waals surface area contributed by atoms with Crippen LogP contribution in [0.2, 0.25) is 0 Å². The van der Waals surface area contributed by atoms with Gasteiger partial charge in [-0.05, 0) is 43.5 Å². The molecule has 6 heteroatoms. The summed E-state index contributed by atoms with van der Waals surface area (Å²) in [6.07, 6.45) is 5.91. The SMILES string of the molecule is Cn1ncc2cc(NC(=O)NC3CC4(CCC4)Oc4ccccc43)ccc21. The molecule has 27 heavy (non-hydrogen) atoms. The number of urea groups is 1. The standard InChI is InChI=1S/C21H22N4O2/c1-25-18-8-7-15(11-14(18)13-22-25)23-20(26)24-17-12-21(9-4-10-21)27-19-6-3-2-5-16(17)19/h2-3,5-8,11,13,17H,4,9-10,12H2,1H3,(H2,23,24,26). The summed E-state index contributed by atoms with van der Waals surface area (Å²) in [5.41, 5.74) is 2.73. The van der Waals surface area contributed by atoms with Gasteiger partial charge in [-0.25, -0.2) is 4.79 Å². The van der Waals surface area contributed by atoms with Crippen molar-refractivity contribution in [2.24, 2.45) is 7.05 Å². The molecule has 3 aromatic rings. The Bertz CT molecular complexity index is 1020. The van der Waals surface area contributed by atoms with Crippen molar-refractivity contribution in [3.63, 3.8) is 0 Å². The summed E-state index contributed by atoms with van der Waals surface area (Å²) in [6, 6.07) is 13.6. The van der Waals surface area contributed by atoms with Gasteiger partial charge in [0.15, 0.2) is 0 Å². The van der Waals surface area contributed by atoms with Gasteiger partial charge in [0.05, 0.1) is 17.8 Å². The molecule has 5 rings (SSSR count). The number of carbonyl (C=O) groups excluding carboxylic acids is 1. The number of aromatic nitrogens is 2. The molecule has 2 aromatic carbocycles. The highest BCUT2D eigenvalue weighted by Gasteiger charge is 2.45. The van der Waals surface area contributed by atoms with Crippen LogP contribution in [0.5, 0.6) is 5.75 Å². The molecule has 1 atom stereocenters. The molecular weight excluding hydrogens is 340 g/mol. The van der Waals surface area contributed by atoms with E-state index < -0.39 is 0 Å². The first-order valence-corrected chi connectivity index (χ1v) is 9.39. The van der Waals surface area contributed by atoms with E-state index in [1.165, 1.54) is 6.42 Å². The van der Waals surface area contributed by atoms with Gasteiger partial charge in [-0.2, -0.15) is 5.10 Å². The average Bonchev–Trinajstić information content (AvgIpc) is 3.00. The number of ether oxygens (including phenoxy) is 1. The molecule has 1 saturated carbocycles. The Morgan fingerprint density at radius 1 is 1.26 bits per heavy atom. The van der Waals surface area contributed by atoms with Crippen LogP contribution >= 0.6 is 0 Å². The van der Waals surface area contributed by atoms with Gasteiger partial charge in [0.2, 0.25) is 0 Å². The van der Waals surface area contributed by atoms with Crippen molar-refractivity contribution in [2.45, 2.75) is 37.3 Å². The summed E-state index contributed by atoms with van der Waals surface area (Å²) in [4.78, 5) is 12.7. The van der Waals surface area contributed by atoms with E-state index >= 15 is 0 Å². The summed E-state index contributed by atoms with van der Waals surface area (Å²) >= 11 is 0. The Morgan fingerprint density at radius 2 is 2.11 bits per heavy atom. The van der Waals surface area contributed by atoms with E-state index in [0.29, 0.717) is 0 Å². The number of aryl methyl sites for hydroxylation is 1. The van der Waals surface area contributed by atoms with E-state index in [1.54, 1.807) is 6.20 Å². The van der Waals surface area contributed by atoms with Gasteiger partial charge < -0.3 is 15.4 Å². The maximum atomic E-state index is 12.7. The first-order chi connectivity index (χ1) is 13.1. The van der Waals surface area contributed by atoms with E-state index in [4.69, 9.17) is 4.74 Å². The number of benzene rings is 2. The molecule has 138 valence electrons. The lowest BCUT2D eigenvalue weighted by Crippen LogP contribution is -2.50. The Labute approximate surface area is 157 Å². The second kappa shape index (κ2) is 6.01. The monoisotopic (exact) mass is 362 g/mol. The van der Waals surface area contributed by atoms with Crippen molar-refractivity contribution >= 4 is 22.6 Å². The average molecular weight is 362 g/mol. The zero-order valence-electron chi connectivity index (χ0n) is 15.2. The van der Waals surface area contributed by atoms with E-state index in [-0.39, 0.29) is 17.7 Å². The number of nitrogens with zero attached hydrogens (tertiary/aromatic N) is 2. The van der Waals surface area contributed by atoms with Crippen LogP contribution in [0.4, 0.5) is 10.5 Å². The normalized spacial score (nSPS) is 19.8. The third-order valence-corrected chi connectivity index (χ3v) is 5.77. The Balaban J connectivity index is 1.35. The number of anilines is 1. The zero-order chi connectivity index (χ0) is 18.4. The van der Waals surface area contributed by atoms with Gasteiger partial charge in [-0.1, -0.05) is 18.2 Å². The van der Waals surface area contributed by atoms with Crippen molar-refractivity contribution in [3.05, 3.63) is 54.2 Å². The minimum absolute atomic E-state index is 0.0441. The maximum Gasteiger partial charge on any atom is 0.319 e. The summed E-state index contributed by atoms with van der Waals surface area (Å²) < 4.78 is 8.07. The van der Waals surface area contributed by atoms with Crippen LogP contribution in [-0.4, -0.2) is 21.4 Å². The number of nitrogens with one attached hydrogen (secondary N) is 2. The molecule has 1 aliphatic heterocycles. The topological polar surface area (TPSA) is 68.2 Å². The predicted octanol–water partition coefficient (Wildman–Crippen LogP) is 4.14. The third kappa shape index (κ3) is 2.81. The summed E-state index contributed by atoms with van der Waals surface area (Å²) in [6.45, 7) is 0. The van der Waals surface area contributed by atoms with Crippen LogP contribution in [0.15, 0.2) is 48.7 Å². The highest BCUT2D eigenvalue weighted by Crippen LogP contribution is 2.48. The molecule has 1 fully saturated rings. The van der Waals surface area contributed by atoms with Crippen molar-refractivity contribution in [3.8, 4) is 5.75 Å². The van der Waals surface area contributed by atoms with E-state index in [1.807, 2.05) is 54.2 Å². The van der Waals surface area contributed by atoms with Crippen molar-refractivity contribution in [1.82, 2.24) is 15.1 Å². The molecule has 2 aliphatic rings. The quantitative estimate of drug-likeness (QED) is 0.720. The third-order valence-electron chi connectivity index (χ3n) is 5.77. The lowest BCUT2D eigenvalue weighted by Gasteiger charge is -2.47. The number of para-hydroxylation sites is 1. The van der Waals surface area contributed by atoms with Gasteiger partial charge in [-0.15, -0.1) is 0 Å². The lowest BCUT2D eigenvalue weighted by atomic mass is 9.73. The molecule has 6 nitrogen and oxygen atoms in total. The van der Waals surface area contributed by atoms with Crippen molar-refractivity contribution in [1.29, 1.82) is 0 Å². The second-order valence-corrected chi connectivity index (χ2v) is 7.57. The van der Waals surface area contributed by atoms with E-state index in [2.05, 4.69) is 15.7 Å². The Kier molecular flexibility index (Phi) is 3.60. The van der Waals surface area contributed by atoms with Gasteiger partial charge in [0, 0.05) is 30.1 Å². The summed E-state index contributed by atoms with van der Waals surface area (Å²) in [5, 5.41) is 11.3. The van der Waals surface area contributed by atoms with Gasteiger partial charge in [0.25, 0.3) is 0 Å². The first-order valence-electron chi connectivity index (χ1n) is 9.39. The molecule has 0 saturated heterocycles. The molecule has 2 amide bonds. The van der Waals surface area contributed by atoms with Crippen molar-refractivity contribution < 1.29 is 9.53 Å². The number of rotatable bonds is 2. The summed E-state index contributed by atoms with van der Waals surface area (Å²) in [7, 11) is 1.90. The van der Waals surface area contributed by atoms with Gasteiger partial charge in [-0.3, -0.25) is 4.68 Å². The molecule has 1 spiro atoms. The fourth-order valence-electron chi connectivity index (χ4n) is 4.19. The zero-order valence-corrected chi connectivity index (χ0v) is 15.2. The molecule has 1 aliphatic carbocycles. The van der Waals surface area contributed by atoms with Crippen LogP contribution in [0.1, 0.15) is 37.3 Å². The van der Waals surface area contributed by atoms with Crippen LogP contribution in [-0.2, 0) is 7.05 Å². The van der Waals surface area contributed by atoms with Crippen LogP contribution in [0.25, 0.3) is 10.9 Å². The molecular formula is C21H22N4O2. The summed E-state index contributed by atoms with van der Waals surface area (Å²) in [5.74, 6) is 0.894. The first kappa shape index (κ1) is 16.2. The molecule has 1 aromatic heterocycles. The molecule has 0 radical (unpaired) electrons. The second-order valence-electron chi connectivity index (χ2n) is 7.57. The number of hydrogen-bond donors (Lipinski definition) is 2.